The molecule has 0 aromatic carbocycles. The maximum atomic E-state index is 11.3. The number of amides is 1. The number of nitrogens with zero attached hydrogens (tertiary/aromatic N) is 1. The summed E-state index contributed by atoms with van der Waals surface area (Å²) in [6, 6.07) is 3.48. The number of hydrogen-bond donors (Lipinski definition) is 1. The Labute approximate surface area is 84.4 Å². The Balaban J connectivity index is 2.71. The van der Waals surface area contributed by atoms with Gasteiger partial charge in [0.05, 0.1) is 6.61 Å². The molecule has 1 heterocycles. The van der Waals surface area contributed by atoms with Gasteiger partial charge in [-0.15, -0.1) is 0 Å². The van der Waals surface area contributed by atoms with Crippen molar-refractivity contribution in [3.63, 3.8) is 0 Å². The van der Waals surface area contributed by atoms with Gasteiger partial charge in [0.2, 0.25) is 0 Å². The van der Waals surface area contributed by atoms with Crippen LogP contribution in [0.4, 0.5) is 0 Å². The normalized spacial score (nSPS) is 9.69. The van der Waals surface area contributed by atoms with Crippen LogP contribution in [0.1, 0.15) is 17.4 Å². The Hall–Kier alpha value is -0.940. The summed E-state index contributed by atoms with van der Waals surface area (Å²) in [6.07, 6.45) is 1.55. The van der Waals surface area contributed by atoms with Crippen molar-refractivity contribution in [1.82, 2.24) is 10.5 Å². The van der Waals surface area contributed by atoms with Crippen molar-refractivity contribution < 1.29 is 9.63 Å². The van der Waals surface area contributed by atoms with E-state index in [1.54, 1.807) is 25.3 Å². The number of nitrogens with one attached hydrogen (secondary N) is 1. The molecular weight excluding hydrogens is 236 g/mol. The Bertz CT molecular complexity index is 304. The molecule has 0 aliphatic carbocycles. The molecule has 0 saturated heterocycles. The molecule has 0 fully saturated rings. The van der Waals surface area contributed by atoms with Crippen molar-refractivity contribution in [2.24, 2.45) is 0 Å². The number of hydrogen-bond acceptors (Lipinski definition) is 3. The van der Waals surface area contributed by atoms with Gasteiger partial charge in [-0.25, -0.2) is 10.5 Å². The van der Waals surface area contributed by atoms with E-state index in [1.165, 1.54) is 0 Å². The maximum absolute atomic E-state index is 11.3. The van der Waals surface area contributed by atoms with E-state index in [9.17, 15) is 4.79 Å². The minimum atomic E-state index is -0.352. The van der Waals surface area contributed by atoms with Crippen LogP contribution >= 0.6 is 15.9 Å². The molecule has 0 unspecified atom stereocenters. The molecule has 1 amide bonds. The van der Waals surface area contributed by atoms with Gasteiger partial charge in [-0.3, -0.25) is 9.63 Å². The van der Waals surface area contributed by atoms with Gasteiger partial charge in [-0.1, -0.05) is 0 Å². The fraction of sp³-hybridized carbons (Fsp3) is 0.250. The van der Waals surface area contributed by atoms with E-state index in [1.807, 2.05) is 0 Å². The minimum absolute atomic E-state index is 0.316. The molecule has 1 rings (SSSR count). The van der Waals surface area contributed by atoms with Gasteiger partial charge < -0.3 is 0 Å². The molecule has 70 valence electrons. The first-order valence-corrected chi connectivity index (χ1v) is 4.57. The van der Waals surface area contributed by atoms with Crippen LogP contribution in [0.2, 0.25) is 0 Å². The van der Waals surface area contributed by atoms with Crippen LogP contribution in [0.25, 0.3) is 0 Å². The fourth-order valence-corrected chi connectivity index (χ4v) is 1.17. The third kappa shape index (κ3) is 2.78. The van der Waals surface area contributed by atoms with Crippen LogP contribution in [0.3, 0.4) is 0 Å². The molecule has 1 aromatic rings. The molecular formula is C8H9BrN2O2. The number of pyridine rings is 1. The van der Waals surface area contributed by atoms with Crippen LogP contribution in [0.15, 0.2) is 22.8 Å². The van der Waals surface area contributed by atoms with Gasteiger partial charge in [0.25, 0.3) is 5.91 Å². The van der Waals surface area contributed by atoms with Crippen LogP contribution in [-0.2, 0) is 4.84 Å². The van der Waals surface area contributed by atoms with E-state index in [0.29, 0.717) is 16.8 Å². The number of carbonyl (C=O) groups excluding carboxylic acids is 1. The summed E-state index contributed by atoms with van der Waals surface area (Å²) >= 11 is 3.21. The van der Waals surface area contributed by atoms with Gasteiger partial charge >= 0.3 is 0 Å². The van der Waals surface area contributed by atoms with E-state index in [4.69, 9.17) is 4.84 Å². The second kappa shape index (κ2) is 4.94. The standard InChI is InChI=1S/C8H9BrN2O2/c1-2-13-11-8(12)7-6(9)4-3-5-10-7/h3-5H,2H2,1H3,(H,11,12). The SMILES string of the molecule is CCONC(=O)c1ncccc1Br. The van der Waals surface area contributed by atoms with Gasteiger partial charge in [0, 0.05) is 10.7 Å². The lowest BCUT2D eigenvalue weighted by Gasteiger charge is -2.03. The molecule has 4 nitrogen and oxygen atoms in total. The molecule has 0 bridgehead atoms. The second-order valence-electron chi connectivity index (χ2n) is 2.20. The lowest BCUT2D eigenvalue weighted by molar-refractivity contribution is 0.0359. The molecule has 1 aromatic heterocycles. The molecule has 0 aliphatic rings. The predicted molar refractivity (Wildman–Crippen MR) is 51.0 cm³/mol. The first-order valence-electron chi connectivity index (χ1n) is 3.78. The van der Waals surface area contributed by atoms with Crippen LogP contribution < -0.4 is 5.48 Å². The average Bonchev–Trinajstić information content (AvgIpc) is 2.15. The molecule has 13 heavy (non-hydrogen) atoms. The zero-order valence-electron chi connectivity index (χ0n) is 7.08. The molecule has 1 N–H and O–H groups in total. The topological polar surface area (TPSA) is 51.2 Å². The lowest BCUT2D eigenvalue weighted by atomic mass is 10.3. The van der Waals surface area contributed by atoms with Gasteiger partial charge in [-0.05, 0) is 35.0 Å². The number of aromatic nitrogens is 1. The summed E-state index contributed by atoms with van der Waals surface area (Å²) in [5, 5.41) is 0. The predicted octanol–water partition coefficient (Wildman–Crippen LogP) is 1.53. The quantitative estimate of drug-likeness (QED) is 0.821. The first kappa shape index (κ1) is 10.1. The minimum Gasteiger partial charge on any atom is -0.274 e. The number of hydroxylamine groups is 1. The van der Waals surface area contributed by atoms with Crippen molar-refractivity contribution >= 4 is 21.8 Å². The monoisotopic (exact) mass is 244 g/mol. The third-order valence-electron chi connectivity index (χ3n) is 1.28. The Morgan fingerprint density at radius 2 is 2.54 bits per heavy atom. The Kier molecular flexibility index (Phi) is 3.85. The number of carbonyl (C=O) groups is 1. The highest BCUT2D eigenvalue weighted by Crippen LogP contribution is 2.12. The third-order valence-corrected chi connectivity index (χ3v) is 1.92. The van der Waals surface area contributed by atoms with Crippen LogP contribution in [-0.4, -0.2) is 17.5 Å². The highest BCUT2D eigenvalue weighted by molar-refractivity contribution is 9.10. The van der Waals surface area contributed by atoms with Crippen LogP contribution in [0.5, 0.6) is 0 Å². The highest BCUT2D eigenvalue weighted by atomic mass is 79.9. The van der Waals surface area contributed by atoms with Crippen molar-refractivity contribution in [3.8, 4) is 0 Å². The number of rotatable bonds is 3. The number of halogens is 1. The Morgan fingerprint density at radius 3 is 3.15 bits per heavy atom. The lowest BCUT2D eigenvalue weighted by Crippen LogP contribution is -2.24. The molecule has 0 radical (unpaired) electrons. The van der Waals surface area contributed by atoms with E-state index < -0.39 is 0 Å². The van der Waals surface area contributed by atoms with Crippen LogP contribution in [0, 0.1) is 0 Å². The van der Waals surface area contributed by atoms with Crippen molar-refractivity contribution in [2.45, 2.75) is 6.92 Å². The zero-order valence-corrected chi connectivity index (χ0v) is 8.67. The molecule has 0 aliphatic heterocycles. The van der Waals surface area contributed by atoms with E-state index in [0.717, 1.165) is 0 Å². The van der Waals surface area contributed by atoms with Gasteiger partial charge in [0.1, 0.15) is 5.69 Å². The maximum Gasteiger partial charge on any atom is 0.294 e. The highest BCUT2D eigenvalue weighted by Gasteiger charge is 2.09. The smallest absolute Gasteiger partial charge is 0.274 e. The molecule has 0 saturated carbocycles. The summed E-state index contributed by atoms with van der Waals surface area (Å²) < 4.78 is 0.646. The van der Waals surface area contributed by atoms with Gasteiger partial charge in [0.15, 0.2) is 0 Å². The molecule has 0 spiro atoms. The molecule has 0 atom stereocenters. The molecule has 5 heteroatoms. The summed E-state index contributed by atoms with van der Waals surface area (Å²) in [6.45, 7) is 2.21. The fourth-order valence-electron chi connectivity index (χ4n) is 0.739. The second-order valence-corrected chi connectivity index (χ2v) is 3.05. The summed E-state index contributed by atoms with van der Waals surface area (Å²) in [7, 11) is 0. The van der Waals surface area contributed by atoms with Crippen molar-refractivity contribution in [1.29, 1.82) is 0 Å². The Morgan fingerprint density at radius 1 is 1.77 bits per heavy atom. The zero-order chi connectivity index (χ0) is 9.68. The first-order chi connectivity index (χ1) is 6.25. The van der Waals surface area contributed by atoms with Crippen molar-refractivity contribution in [2.75, 3.05) is 6.61 Å². The average molecular weight is 245 g/mol. The van der Waals surface area contributed by atoms with Gasteiger partial charge in [-0.2, -0.15) is 0 Å². The summed E-state index contributed by atoms with van der Waals surface area (Å²) in [5.41, 5.74) is 2.57. The summed E-state index contributed by atoms with van der Waals surface area (Å²) in [5.74, 6) is -0.352. The largest absolute Gasteiger partial charge is 0.294 e. The summed E-state index contributed by atoms with van der Waals surface area (Å²) in [4.78, 5) is 19.9. The van der Waals surface area contributed by atoms with E-state index >= 15 is 0 Å². The van der Waals surface area contributed by atoms with Crippen molar-refractivity contribution in [3.05, 3.63) is 28.5 Å². The van der Waals surface area contributed by atoms with E-state index in [2.05, 4.69) is 26.4 Å². The van der Waals surface area contributed by atoms with E-state index in [-0.39, 0.29) is 5.91 Å².